The second-order valence-electron chi connectivity index (χ2n) is 23.4. The molecule has 79 heavy (non-hydrogen) atoms. The minimum Gasteiger partial charge on any atom is -0.462 e. The maximum absolute atomic E-state index is 12.9. The topological polar surface area (TPSA) is 78.9 Å². The summed E-state index contributed by atoms with van der Waals surface area (Å²) in [4.78, 5) is 38.3. The van der Waals surface area contributed by atoms with Crippen LogP contribution in [-0.2, 0) is 28.6 Å². The molecule has 460 valence electrons. The van der Waals surface area contributed by atoms with Crippen LogP contribution in [0.2, 0.25) is 0 Å². The molecule has 0 rings (SSSR count). The highest BCUT2D eigenvalue weighted by Crippen LogP contribution is 2.18. The van der Waals surface area contributed by atoms with Crippen LogP contribution < -0.4 is 0 Å². The van der Waals surface area contributed by atoms with Gasteiger partial charge in [-0.05, 0) is 57.8 Å². The number of ether oxygens (including phenoxy) is 3. The van der Waals surface area contributed by atoms with Crippen LogP contribution in [-0.4, -0.2) is 37.2 Å². The highest BCUT2D eigenvalue weighted by Gasteiger charge is 2.19. The van der Waals surface area contributed by atoms with Crippen LogP contribution in [0.3, 0.4) is 0 Å². The molecule has 0 aromatic carbocycles. The van der Waals surface area contributed by atoms with Gasteiger partial charge in [0.15, 0.2) is 6.10 Å². The lowest BCUT2D eigenvalue weighted by Gasteiger charge is -2.18. The quantitative estimate of drug-likeness (QED) is 0.0261. The van der Waals surface area contributed by atoms with E-state index in [4.69, 9.17) is 14.2 Å². The molecule has 1 unspecified atom stereocenters. The number of carbonyl (C=O) groups is 3. The van der Waals surface area contributed by atoms with E-state index in [9.17, 15) is 14.4 Å². The van der Waals surface area contributed by atoms with Crippen LogP contribution in [0, 0.1) is 0 Å². The van der Waals surface area contributed by atoms with Gasteiger partial charge in [0, 0.05) is 19.3 Å². The van der Waals surface area contributed by atoms with E-state index >= 15 is 0 Å². The molecule has 0 fully saturated rings. The van der Waals surface area contributed by atoms with Crippen molar-refractivity contribution in [1.82, 2.24) is 0 Å². The summed E-state index contributed by atoms with van der Waals surface area (Å²) in [6, 6.07) is 0. The molecular formula is C73H132O6. The lowest BCUT2D eigenvalue weighted by Crippen LogP contribution is -2.30. The molecule has 0 radical (unpaired) electrons. The van der Waals surface area contributed by atoms with Crippen LogP contribution in [0.5, 0.6) is 0 Å². The fourth-order valence-electron chi connectivity index (χ4n) is 10.4. The zero-order chi connectivity index (χ0) is 57.1. The van der Waals surface area contributed by atoms with Crippen molar-refractivity contribution in [3.8, 4) is 0 Å². The summed E-state index contributed by atoms with van der Waals surface area (Å²) in [7, 11) is 0. The molecule has 0 bridgehead atoms. The van der Waals surface area contributed by atoms with Crippen molar-refractivity contribution in [3.05, 3.63) is 60.8 Å². The van der Waals surface area contributed by atoms with Gasteiger partial charge in [-0.25, -0.2) is 0 Å². The van der Waals surface area contributed by atoms with Gasteiger partial charge in [-0.15, -0.1) is 0 Å². The first-order chi connectivity index (χ1) is 39.0. The standard InChI is InChI=1S/C73H132O6/c1-4-7-10-13-16-19-22-25-27-29-30-31-32-33-34-35-36-37-38-39-40-41-42-43-45-46-48-51-54-57-60-63-66-72(75)78-69-70(68-77-71(74)65-62-59-56-53-50-24-21-18-15-12-9-6-3)79-73(76)67-64-61-58-55-52-49-47-44-28-26-23-20-17-14-11-8-5-2/h8,11,17,20,26,28,47,49,55,58,70H,4-7,9-10,12-16,18-19,21-25,27,29-46,48,50-54,56-57,59-69H2,1-3H3/b11-8-,20-17-,28-26-,49-47-,58-55-. The van der Waals surface area contributed by atoms with E-state index in [0.29, 0.717) is 19.3 Å². The van der Waals surface area contributed by atoms with Gasteiger partial charge in [-0.2, -0.15) is 0 Å². The van der Waals surface area contributed by atoms with E-state index in [1.54, 1.807) is 0 Å². The molecular weight excluding hydrogens is 973 g/mol. The highest BCUT2D eigenvalue weighted by atomic mass is 16.6. The molecule has 0 amide bonds. The average molecular weight is 1110 g/mol. The normalized spacial score (nSPS) is 12.4. The molecule has 1 atom stereocenters. The Bertz CT molecular complexity index is 1410. The number of allylic oxidation sites excluding steroid dienone is 10. The largest absolute Gasteiger partial charge is 0.462 e. The Hall–Kier alpha value is -2.89. The van der Waals surface area contributed by atoms with E-state index in [1.165, 1.54) is 244 Å². The van der Waals surface area contributed by atoms with Crippen molar-refractivity contribution in [1.29, 1.82) is 0 Å². The van der Waals surface area contributed by atoms with Crippen LogP contribution in [0.4, 0.5) is 0 Å². The van der Waals surface area contributed by atoms with E-state index in [2.05, 4.69) is 81.5 Å². The van der Waals surface area contributed by atoms with Gasteiger partial charge < -0.3 is 14.2 Å². The van der Waals surface area contributed by atoms with Gasteiger partial charge in [-0.3, -0.25) is 14.4 Å². The Labute approximate surface area is 491 Å². The maximum Gasteiger partial charge on any atom is 0.306 e. The number of carbonyl (C=O) groups excluding carboxylic acids is 3. The van der Waals surface area contributed by atoms with Crippen molar-refractivity contribution >= 4 is 17.9 Å². The van der Waals surface area contributed by atoms with Crippen LogP contribution in [0.25, 0.3) is 0 Å². The maximum atomic E-state index is 12.9. The van der Waals surface area contributed by atoms with Crippen molar-refractivity contribution in [2.24, 2.45) is 0 Å². The molecule has 6 nitrogen and oxygen atoms in total. The molecule has 0 aliphatic heterocycles. The predicted molar refractivity (Wildman–Crippen MR) is 344 cm³/mol. The van der Waals surface area contributed by atoms with Gasteiger partial charge in [0.2, 0.25) is 0 Å². The number of hydrogen-bond acceptors (Lipinski definition) is 6. The minimum absolute atomic E-state index is 0.0924. The first-order valence-electron chi connectivity index (χ1n) is 34.8. The first kappa shape index (κ1) is 76.1. The lowest BCUT2D eigenvalue weighted by atomic mass is 10.0. The molecule has 0 aliphatic rings. The molecule has 0 saturated carbocycles. The molecule has 0 aromatic heterocycles. The fourth-order valence-corrected chi connectivity index (χ4v) is 10.4. The van der Waals surface area contributed by atoms with Crippen LogP contribution >= 0.6 is 0 Å². The smallest absolute Gasteiger partial charge is 0.306 e. The fraction of sp³-hybridized carbons (Fsp3) is 0.822. The van der Waals surface area contributed by atoms with E-state index in [0.717, 1.165) is 77.0 Å². The highest BCUT2D eigenvalue weighted by molar-refractivity contribution is 5.71. The van der Waals surface area contributed by atoms with Crippen molar-refractivity contribution in [3.63, 3.8) is 0 Å². The first-order valence-corrected chi connectivity index (χ1v) is 34.8. The summed E-state index contributed by atoms with van der Waals surface area (Å²) in [5.74, 6) is -0.932. The number of esters is 3. The molecule has 0 heterocycles. The second-order valence-corrected chi connectivity index (χ2v) is 23.4. The summed E-state index contributed by atoms with van der Waals surface area (Å²) in [6.45, 7) is 6.53. The molecule has 0 aliphatic carbocycles. The summed E-state index contributed by atoms with van der Waals surface area (Å²) in [5.41, 5.74) is 0. The van der Waals surface area contributed by atoms with Crippen molar-refractivity contribution < 1.29 is 28.6 Å². The summed E-state index contributed by atoms with van der Waals surface area (Å²) in [6.07, 6.45) is 87.1. The van der Waals surface area contributed by atoms with Gasteiger partial charge in [0.1, 0.15) is 13.2 Å². The third-order valence-electron chi connectivity index (χ3n) is 15.5. The third-order valence-corrected chi connectivity index (χ3v) is 15.5. The van der Waals surface area contributed by atoms with E-state index < -0.39 is 6.10 Å². The minimum atomic E-state index is -0.802. The third kappa shape index (κ3) is 65.8. The SMILES string of the molecule is CC/C=C\C/C=C\C/C=C\C/C=C\C/C=C\CCCC(=O)OC(COC(=O)CCCCCCCCCCCCCC)COC(=O)CCCCCCCCCCCCCCCCCCCCCCCCCCCCCCCCCC. The summed E-state index contributed by atoms with van der Waals surface area (Å²) >= 11 is 0. The Morgan fingerprint density at radius 2 is 0.494 bits per heavy atom. The summed E-state index contributed by atoms with van der Waals surface area (Å²) in [5, 5.41) is 0. The average Bonchev–Trinajstić information content (AvgIpc) is 3.45. The van der Waals surface area contributed by atoms with Gasteiger partial charge in [0.25, 0.3) is 0 Å². The van der Waals surface area contributed by atoms with E-state index in [1.807, 2.05) is 0 Å². The van der Waals surface area contributed by atoms with Crippen molar-refractivity contribution in [2.75, 3.05) is 13.2 Å². The van der Waals surface area contributed by atoms with Crippen LogP contribution in [0.15, 0.2) is 60.8 Å². The predicted octanol–water partition coefficient (Wildman–Crippen LogP) is 23.9. The second kappa shape index (κ2) is 67.6. The van der Waals surface area contributed by atoms with Gasteiger partial charge >= 0.3 is 17.9 Å². The summed E-state index contributed by atoms with van der Waals surface area (Å²) < 4.78 is 16.9. The Morgan fingerprint density at radius 1 is 0.266 bits per heavy atom. The van der Waals surface area contributed by atoms with Gasteiger partial charge in [0.05, 0.1) is 0 Å². The lowest BCUT2D eigenvalue weighted by molar-refractivity contribution is -0.167. The van der Waals surface area contributed by atoms with Crippen molar-refractivity contribution in [2.45, 2.75) is 374 Å². The zero-order valence-electron chi connectivity index (χ0n) is 52.9. The Morgan fingerprint density at radius 3 is 0.759 bits per heavy atom. The molecule has 0 N–H and O–H groups in total. The Kier molecular flexibility index (Phi) is 65.1. The van der Waals surface area contributed by atoms with Gasteiger partial charge in [-0.1, -0.05) is 351 Å². The molecule has 0 aromatic rings. The molecule has 6 heteroatoms. The molecule has 0 spiro atoms. The zero-order valence-corrected chi connectivity index (χ0v) is 52.9. The van der Waals surface area contributed by atoms with Crippen LogP contribution in [0.1, 0.15) is 367 Å². The monoisotopic (exact) mass is 1110 g/mol. The van der Waals surface area contributed by atoms with E-state index in [-0.39, 0.29) is 37.5 Å². The molecule has 0 saturated heterocycles. The number of hydrogen-bond donors (Lipinski definition) is 0. The number of unbranched alkanes of at least 4 members (excludes halogenated alkanes) is 43. The number of rotatable bonds is 64. The Balaban J connectivity index is 4.14.